The molecule has 1 saturated heterocycles. The van der Waals surface area contributed by atoms with Gasteiger partial charge in [0.25, 0.3) is 5.91 Å². The second-order valence-electron chi connectivity index (χ2n) is 7.40. The summed E-state index contributed by atoms with van der Waals surface area (Å²) in [7, 11) is -3.69. The van der Waals surface area contributed by atoms with E-state index in [1.165, 1.54) is 28.6 Å². The van der Waals surface area contributed by atoms with Crippen LogP contribution in [0.1, 0.15) is 43.0 Å². The van der Waals surface area contributed by atoms with Gasteiger partial charge in [-0.05, 0) is 50.1 Å². The molecule has 0 unspecified atom stereocenters. The Labute approximate surface area is 188 Å². The standard InChI is InChI=1S/C23H28N2O6S/c1-2-30-21-13-6-5-12-20(21)24-22(26)17-31-23(27)18-10-9-11-19(16-18)32(28,29)25-14-7-3-4-8-15-25/h5-6,9-13,16H,2-4,7-8,14-15,17H2,1H3,(H,24,26). The molecule has 32 heavy (non-hydrogen) atoms. The molecular formula is C23H28N2O6S. The molecule has 2 aromatic carbocycles. The van der Waals surface area contributed by atoms with E-state index in [0.717, 1.165) is 25.7 Å². The zero-order valence-electron chi connectivity index (χ0n) is 18.1. The summed E-state index contributed by atoms with van der Waals surface area (Å²) in [5.74, 6) is -0.786. The van der Waals surface area contributed by atoms with Crippen molar-refractivity contribution in [1.29, 1.82) is 0 Å². The highest BCUT2D eigenvalue weighted by atomic mass is 32.2. The van der Waals surface area contributed by atoms with E-state index in [0.29, 0.717) is 31.1 Å². The molecule has 0 saturated carbocycles. The summed E-state index contributed by atoms with van der Waals surface area (Å²) < 4.78 is 37.9. The number of anilines is 1. The average molecular weight is 461 g/mol. The molecule has 172 valence electrons. The lowest BCUT2D eigenvalue weighted by Gasteiger charge is -2.20. The molecule has 2 aromatic rings. The van der Waals surface area contributed by atoms with E-state index < -0.39 is 28.5 Å². The third-order valence-corrected chi connectivity index (χ3v) is 6.96. The van der Waals surface area contributed by atoms with Gasteiger partial charge in [0, 0.05) is 13.1 Å². The lowest BCUT2D eigenvalue weighted by atomic mass is 10.2. The lowest BCUT2D eigenvalue weighted by Crippen LogP contribution is -2.32. The molecule has 0 spiro atoms. The minimum Gasteiger partial charge on any atom is -0.492 e. The molecule has 0 aliphatic carbocycles. The Morgan fingerprint density at radius 2 is 1.72 bits per heavy atom. The van der Waals surface area contributed by atoms with E-state index in [9.17, 15) is 18.0 Å². The summed E-state index contributed by atoms with van der Waals surface area (Å²) in [6.45, 7) is 2.71. The Kier molecular flexibility index (Phi) is 8.24. The van der Waals surface area contributed by atoms with Gasteiger partial charge in [-0.25, -0.2) is 13.2 Å². The minimum atomic E-state index is -3.69. The summed E-state index contributed by atoms with van der Waals surface area (Å²) in [5, 5.41) is 2.64. The SMILES string of the molecule is CCOc1ccccc1NC(=O)COC(=O)c1cccc(S(=O)(=O)N2CCCCCC2)c1. The van der Waals surface area contributed by atoms with E-state index in [-0.39, 0.29) is 10.5 Å². The number of benzene rings is 2. The number of nitrogens with one attached hydrogen (secondary N) is 1. The quantitative estimate of drug-likeness (QED) is 0.606. The minimum absolute atomic E-state index is 0.0453. The van der Waals surface area contributed by atoms with Gasteiger partial charge >= 0.3 is 5.97 Å². The second-order valence-corrected chi connectivity index (χ2v) is 9.34. The van der Waals surface area contributed by atoms with Crippen LogP contribution in [0, 0.1) is 0 Å². The lowest BCUT2D eigenvalue weighted by molar-refractivity contribution is -0.119. The van der Waals surface area contributed by atoms with Gasteiger partial charge in [0.05, 0.1) is 22.8 Å². The first kappa shape index (κ1) is 23.7. The molecule has 3 rings (SSSR count). The fourth-order valence-corrected chi connectivity index (χ4v) is 5.03. The number of ether oxygens (including phenoxy) is 2. The fourth-order valence-electron chi connectivity index (χ4n) is 3.47. The van der Waals surface area contributed by atoms with Crippen LogP contribution in [0.15, 0.2) is 53.4 Å². The van der Waals surface area contributed by atoms with Crippen molar-refractivity contribution in [2.24, 2.45) is 0 Å². The van der Waals surface area contributed by atoms with Crippen LogP contribution in [0.4, 0.5) is 5.69 Å². The number of sulfonamides is 1. The summed E-state index contributed by atoms with van der Waals surface area (Å²) in [4.78, 5) is 24.7. The third-order valence-electron chi connectivity index (χ3n) is 5.07. The van der Waals surface area contributed by atoms with Crippen molar-refractivity contribution in [2.45, 2.75) is 37.5 Å². The normalized spacial score (nSPS) is 14.9. The van der Waals surface area contributed by atoms with Gasteiger partial charge in [-0.3, -0.25) is 4.79 Å². The smallest absolute Gasteiger partial charge is 0.338 e. The molecule has 0 radical (unpaired) electrons. The number of carbonyl (C=O) groups is 2. The van der Waals surface area contributed by atoms with Crippen molar-refractivity contribution >= 4 is 27.6 Å². The topological polar surface area (TPSA) is 102 Å². The maximum atomic E-state index is 13.0. The van der Waals surface area contributed by atoms with Crippen molar-refractivity contribution in [2.75, 3.05) is 31.6 Å². The van der Waals surface area contributed by atoms with E-state index >= 15 is 0 Å². The van der Waals surface area contributed by atoms with Gasteiger partial charge < -0.3 is 14.8 Å². The van der Waals surface area contributed by atoms with Gasteiger partial charge in [0.2, 0.25) is 10.0 Å². The van der Waals surface area contributed by atoms with Crippen LogP contribution in [0.2, 0.25) is 0 Å². The van der Waals surface area contributed by atoms with E-state index in [1.54, 1.807) is 24.3 Å². The van der Waals surface area contributed by atoms with Gasteiger partial charge in [-0.15, -0.1) is 0 Å². The third kappa shape index (κ3) is 6.08. The molecule has 1 aliphatic rings. The van der Waals surface area contributed by atoms with Crippen LogP contribution in [0.25, 0.3) is 0 Å². The van der Waals surface area contributed by atoms with Gasteiger partial charge in [-0.2, -0.15) is 4.31 Å². The molecule has 1 aliphatic heterocycles. The predicted octanol–water partition coefficient (Wildman–Crippen LogP) is 3.45. The number of amides is 1. The Balaban J connectivity index is 1.63. The zero-order valence-corrected chi connectivity index (χ0v) is 18.9. The van der Waals surface area contributed by atoms with E-state index in [4.69, 9.17) is 9.47 Å². The first-order valence-electron chi connectivity index (χ1n) is 10.7. The first-order chi connectivity index (χ1) is 15.4. The van der Waals surface area contributed by atoms with E-state index in [1.807, 2.05) is 6.92 Å². The van der Waals surface area contributed by atoms with Crippen LogP contribution < -0.4 is 10.1 Å². The van der Waals surface area contributed by atoms with Crippen LogP contribution in [-0.4, -0.2) is 50.9 Å². The Morgan fingerprint density at radius 1 is 1.00 bits per heavy atom. The van der Waals surface area contributed by atoms with E-state index in [2.05, 4.69) is 5.32 Å². The van der Waals surface area contributed by atoms with Gasteiger partial charge in [0.15, 0.2) is 6.61 Å². The van der Waals surface area contributed by atoms with Crippen molar-refractivity contribution < 1.29 is 27.5 Å². The molecular weight excluding hydrogens is 432 g/mol. The Hall–Kier alpha value is -2.91. The maximum Gasteiger partial charge on any atom is 0.338 e. The molecule has 9 heteroatoms. The number of nitrogens with zero attached hydrogens (tertiary/aromatic N) is 1. The van der Waals surface area contributed by atoms with Crippen LogP contribution in [0.3, 0.4) is 0 Å². The van der Waals surface area contributed by atoms with Gasteiger partial charge in [-0.1, -0.05) is 31.0 Å². The van der Waals surface area contributed by atoms with Crippen molar-refractivity contribution in [3.8, 4) is 5.75 Å². The number of hydrogen-bond acceptors (Lipinski definition) is 6. The number of rotatable bonds is 8. The number of para-hydroxylation sites is 2. The fraction of sp³-hybridized carbons (Fsp3) is 0.391. The van der Waals surface area contributed by atoms with Crippen molar-refractivity contribution in [3.63, 3.8) is 0 Å². The van der Waals surface area contributed by atoms with Crippen molar-refractivity contribution in [3.05, 3.63) is 54.1 Å². The highest BCUT2D eigenvalue weighted by Crippen LogP contribution is 2.24. The van der Waals surface area contributed by atoms with Gasteiger partial charge in [0.1, 0.15) is 5.75 Å². The molecule has 0 bridgehead atoms. The monoisotopic (exact) mass is 460 g/mol. The average Bonchev–Trinajstić information content (AvgIpc) is 3.09. The van der Waals surface area contributed by atoms with Crippen molar-refractivity contribution in [1.82, 2.24) is 4.31 Å². The predicted molar refractivity (Wildman–Crippen MR) is 120 cm³/mol. The van der Waals surface area contributed by atoms with Crippen LogP contribution in [0.5, 0.6) is 5.75 Å². The molecule has 0 aromatic heterocycles. The zero-order chi connectivity index (χ0) is 23.0. The number of hydrogen-bond donors (Lipinski definition) is 1. The Bertz CT molecular complexity index is 1050. The molecule has 1 N–H and O–H groups in total. The largest absolute Gasteiger partial charge is 0.492 e. The Morgan fingerprint density at radius 3 is 2.44 bits per heavy atom. The summed E-state index contributed by atoms with van der Waals surface area (Å²) in [5.41, 5.74) is 0.546. The maximum absolute atomic E-state index is 13.0. The molecule has 1 heterocycles. The first-order valence-corrected chi connectivity index (χ1v) is 12.1. The van der Waals surface area contributed by atoms with Crippen LogP contribution in [-0.2, 0) is 19.6 Å². The second kappa shape index (κ2) is 11.1. The summed E-state index contributed by atoms with van der Waals surface area (Å²) >= 11 is 0. The molecule has 1 amide bonds. The summed E-state index contributed by atoms with van der Waals surface area (Å²) in [6.07, 6.45) is 3.66. The molecule has 1 fully saturated rings. The highest BCUT2D eigenvalue weighted by molar-refractivity contribution is 7.89. The van der Waals surface area contributed by atoms with Crippen LogP contribution >= 0.6 is 0 Å². The number of esters is 1. The molecule has 0 atom stereocenters. The summed E-state index contributed by atoms with van der Waals surface area (Å²) in [6, 6.07) is 12.7. The molecule has 8 nitrogen and oxygen atoms in total. The highest BCUT2D eigenvalue weighted by Gasteiger charge is 2.26. The number of carbonyl (C=O) groups excluding carboxylic acids is 2.